The number of piperazine rings is 1. The molecule has 1 aromatic rings. The van der Waals surface area contributed by atoms with Crippen LogP contribution in [0.4, 0.5) is 0 Å². The first-order chi connectivity index (χ1) is 9.79. The Kier molecular flexibility index (Phi) is 4.34. The standard InChI is InChI=1S/C16H26N4/c1-2-15(17)16(13-4-3-7-18-12-13)20-10-8-19(9-11-20)14-5-6-14/h3-4,7,12,14-16H,2,5-6,8-11,17H2,1H3. The molecule has 1 aromatic heterocycles. The third-order valence-corrected chi connectivity index (χ3v) is 4.71. The fourth-order valence-electron chi connectivity index (χ4n) is 3.32. The van der Waals surface area contributed by atoms with Crippen molar-refractivity contribution in [3.8, 4) is 0 Å². The van der Waals surface area contributed by atoms with E-state index in [9.17, 15) is 0 Å². The highest BCUT2D eigenvalue weighted by atomic mass is 15.3. The molecule has 2 aliphatic rings. The molecular weight excluding hydrogens is 248 g/mol. The Balaban J connectivity index is 1.70. The maximum atomic E-state index is 6.40. The number of nitrogens with zero attached hydrogens (tertiary/aromatic N) is 3. The molecule has 2 heterocycles. The molecule has 0 bridgehead atoms. The Morgan fingerprint density at radius 3 is 2.60 bits per heavy atom. The Labute approximate surface area is 122 Å². The third-order valence-electron chi connectivity index (χ3n) is 4.71. The predicted octanol–water partition coefficient (Wildman–Crippen LogP) is 1.64. The van der Waals surface area contributed by atoms with E-state index in [1.807, 2.05) is 18.5 Å². The van der Waals surface area contributed by atoms with Crippen molar-refractivity contribution < 1.29 is 0 Å². The zero-order chi connectivity index (χ0) is 13.9. The van der Waals surface area contributed by atoms with Gasteiger partial charge in [-0.3, -0.25) is 14.8 Å². The molecule has 2 atom stereocenters. The van der Waals surface area contributed by atoms with E-state index in [1.165, 1.54) is 31.5 Å². The normalized spacial score (nSPS) is 24.5. The van der Waals surface area contributed by atoms with Crippen LogP contribution in [0.2, 0.25) is 0 Å². The van der Waals surface area contributed by atoms with Crippen molar-refractivity contribution in [3.63, 3.8) is 0 Å². The maximum Gasteiger partial charge on any atom is 0.0515 e. The van der Waals surface area contributed by atoms with Crippen LogP contribution in [0.1, 0.15) is 37.8 Å². The lowest BCUT2D eigenvalue weighted by Crippen LogP contribution is -2.51. The summed E-state index contributed by atoms with van der Waals surface area (Å²) >= 11 is 0. The van der Waals surface area contributed by atoms with Gasteiger partial charge in [0.05, 0.1) is 6.04 Å². The van der Waals surface area contributed by atoms with Crippen LogP contribution in [-0.4, -0.2) is 53.0 Å². The maximum absolute atomic E-state index is 6.40. The SMILES string of the molecule is CCC(N)C(c1cccnc1)N1CCN(C2CC2)CC1. The lowest BCUT2D eigenvalue weighted by Gasteiger charge is -2.41. The van der Waals surface area contributed by atoms with Gasteiger partial charge in [-0.05, 0) is 30.9 Å². The van der Waals surface area contributed by atoms with Gasteiger partial charge in [0.1, 0.15) is 0 Å². The number of nitrogens with two attached hydrogens (primary N) is 1. The van der Waals surface area contributed by atoms with Crippen molar-refractivity contribution >= 4 is 0 Å². The number of hydrogen-bond acceptors (Lipinski definition) is 4. The van der Waals surface area contributed by atoms with E-state index >= 15 is 0 Å². The highest BCUT2D eigenvalue weighted by Gasteiger charge is 2.34. The largest absolute Gasteiger partial charge is 0.326 e. The van der Waals surface area contributed by atoms with Crippen molar-refractivity contribution in [1.82, 2.24) is 14.8 Å². The van der Waals surface area contributed by atoms with Gasteiger partial charge in [-0.2, -0.15) is 0 Å². The number of rotatable bonds is 5. The van der Waals surface area contributed by atoms with E-state index in [-0.39, 0.29) is 6.04 Å². The molecule has 0 aromatic carbocycles. The van der Waals surface area contributed by atoms with E-state index < -0.39 is 0 Å². The van der Waals surface area contributed by atoms with Gasteiger partial charge in [0.25, 0.3) is 0 Å². The zero-order valence-corrected chi connectivity index (χ0v) is 12.4. The predicted molar refractivity (Wildman–Crippen MR) is 81.4 cm³/mol. The lowest BCUT2D eigenvalue weighted by molar-refractivity contribution is 0.0794. The summed E-state index contributed by atoms with van der Waals surface area (Å²) in [4.78, 5) is 9.48. The summed E-state index contributed by atoms with van der Waals surface area (Å²) < 4.78 is 0. The van der Waals surface area contributed by atoms with E-state index in [2.05, 4.69) is 27.8 Å². The second-order valence-electron chi connectivity index (χ2n) is 6.11. The van der Waals surface area contributed by atoms with Crippen LogP contribution in [0.5, 0.6) is 0 Å². The Morgan fingerprint density at radius 2 is 2.05 bits per heavy atom. The van der Waals surface area contributed by atoms with Crippen molar-refractivity contribution in [1.29, 1.82) is 0 Å². The van der Waals surface area contributed by atoms with Gasteiger partial charge >= 0.3 is 0 Å². The van der Waals surface area contributed by atoms with Crippen LogP contribution in [-0.2, 0) is 0 Å². The quantitative estimate of drug-likeness (QED) is 0.886. The molecule has 1 saturated heterocycles. The van der Waals surface area contributed by atoms with Crippen LogP contribution < -0.4 is 5.73 Å². The highest BCUT2D eigenvalue weighted by Crippen LogP contribution is 2.30. The Bertz CT molecular complexity index is 410. The zero-order valence-electron chi connectivity index (χ0n) is 12.4. The summed E-state index contributed by atoms with van der Waals surface area (Å²) in [5, 5.41) is 0. The smallest absolute Gasteiger partial charge is 0.0515 e. The molecule has 0 spiro atoms. The van der Waals surface area contributed by atoms with E-state index in [0.717, 1.165) is 25.6 Å². The molecule has 20 heavy (non-hydrogen) atoms. The molecular formula is C16H26N4. The molecule has 1 saturated carbocycles. The van der Waals surface area contributed by atoms with Crippen molar-refractivity contribution in [2.75, 3.05) is 26.2 Å². The third kappa shape index (κ3) is 3.03. The lowest BCUT2D eigenvalue weighted by atomic mass is 9.97. The van der Waals surface area contributed by atoms with Gasteiger partial charge in [0.15, 0.2) is 0 Å². The monoisotopic (exact) mass is 274 g/mol. The fraction of sp³-hybridized carbons (Fsp3) is 0.688. The first-order valence-corrected chi connectivity index (χ1v) is 7.93. The van der Waals surface area contributed by atoms with Crippen LogP contribution in [0.25, 0.3) is 0 Å². The van der Waals surface area contributed by atoms with Gasteiger partial charge in [-0.15, -0.1) is 0 Å². The van der Waals surface area contributed by atoms with Crippen LogP contribution in [0.15, 0.2) is 24.5 Å². The minimum absolute atomic E-state index is 0.187. The Hall–Kier alpha value is -0.970. The van der Waals surface area contributed by atoms with E-state index in [0.29, 0.717) is 6.04 Å². The van der Waals surface area contributed by atoms with Gasteiger partial charge in [-0.1, -0.05) is 13.0 Å². The van der Waals surface area contributed by atoms with Crippen molar-refractivity contribution in [2.24, 2.45) is 5.73 Å². The summed E-state index contributed by atoms with van der Waals surface area (Å²) in [6, 6.07) is 5.57. The van der Waals surface area contributed by atoms with Crippen LogP contribution in [0.3, 0.4) is 0 Å². The summed E-state index contributed by atoms with van der Waals surface area (Å²) in [7, 11) is 0. The van der Waals surface area contributed by atoms with Gasteiger partial charge in [0, 0.05) is 50.7 Å². The Morgan fingerprint density at radius 1 is 1.30 bits per heavy atom. The highest BCUT2D eigenvalue weighted by molar-refractivity contribution is 5.16. The minimum atomic E-state index is 0.187. The molecule has 1 aliphatic carbocycles. The summed E-state index contributed by atoms with van der Waals surface area (Å²) in [6.07, 6.45) is 7.62. The molecule has 2 fully saturated rings. The first kappa shape index (κ1) is 14.0. The summed E-state index contributed by atoms with van der Waals surface area (Å²) in [5.74, 6) is 0. The van der Waals surface area contributed by atoms with E-state index in [4.69, 9.17) is 5.73 Å². The summed E-state index contributed by atoms with van der Waals surface area (Å²) in [6.45, 7) is 6.82. The van der Waals surface area contributed by atoms with E-state index in [1.54, 1.807) is 0 Å². The summed E-state index contributed by atoms with van der Waals surface area (Å²) in [5.41, 5.74) is 7.67. The number of hydrogen-bond donors (Lipinski definition) is 1. The van der Waals surface area contributed by atoms with Gasteiger partial charge in [0.2, 0.25) is 0 Å². The molecule has 4 heteroatoms. The number of pyridine rings is 1. The molecule has 4 nitrogen and oxygen atoms in total. The molecule has 2 unspecified atom stereocenters. The molecule has 0 radical (unpaired) electrons. The van der Waals surface area contributed by atoms with Crippen LogP contribution in [0, 0.1) is 0 Å². The minimum Gasteiger partial charge on any atom is -0.326 e. The number of aromatic nitrogens is 1. The van der Waals surface area contributed by atoms with Gasteiger partial charge < -0.3 is 5.73 Å². The second-order valence-corrected chi connectivity index (χ2v) is 6.11. The second kappa shape index (κ2) is 6.20. The van der Waals surface area contributed by atoms with Crippen LogP contribution >= 0.6 is 0 Å². The molecule has 110 valence electrons. The molecule has 2 N–H and O–H groups in total. The topological polar surface area (TPSA) is 45.4 Å². The molecule has 3 rings (SSSR count). The fourth-order valence-corrected chi connectivity index (χ4v) is 3.32. The average molecular weight is 274 g/mol. The van der Waals surface area contributed by atoms with Gasteiger partial charge in [-0.25, -0.2) is 0 Å². The molecule has 1 aliphatic heterocycles. The first-order valence-electron chi connectivity index (χ1n) is 7.93. The van der Waals surface area contributed by atoms with Crippen molar-refractivity contribution in [3.05, 3.63) is 30.1 Å². The molecule has 0 amide bonds. The van der Waals surface area contributed by atoms with Crippen molar-refractivity contribution in [2.45, 2.75) is 44.3 Å². The average Bonchev–Trinajstić information content (AvgIpc) is 3.34.